The van der Waals surface area contributed by atoms with E-state index in [1.165, 1.54) is 36.4 Å². The summed E-state index contributed by atoms with van der Waals surface area (Å²) in [5, 5.41) is 0.754. The van der Waals surface area contributed by atoms with Gasteiger partial charge in [0.05, 0.1) is 44.0 Å². The summed E-state index contributed by atoms with van der Waals surface area (Å²) in [6.07, 6.45) is -9.39. The number of rotatable bonds is 4. The molecule has 0 aliphatic heterocycles. The molecule has 2 heterocycles. The summed E-state index contributed by atoms with van der Waals surface area (Å²) in [7, 11) is 3.40. The van der Waals surface area contributed by atoms with Crippen molar-refractivity contribution >= 4 is 43.6 Å². The Morgan fingerprint density at radius 2 is 0.767 bits per heavy atom. The fraction of sp³-hybridized carbons (Fsp3) is 0.120. The van der Waals surface area contributed by atoms with Crippen LogP contribution in [0.5, 0.6) is 0 Å². The molecule has 2 aromatic heterocycles. The molecule has 9 rings (SSSR count). The van der Waals surface area contributed by atoms with Crippen molar-refractivity contribution in [3.8, 4) is 44.5 Å². The van der Waals surface area contributed by atoms with E-state index < -0.39 is 34.3 Å². The highest BCUT2D eigenvalue weighted by Gasteiger charge is 2.35. The van der Waals surface area contributed by atoms with Crippen molar-refractivity contribution in [1.82, 2.24) is 9.13 Å². The molecular weight excluding hydrogens is 775 g/mol. The zero-order valence-corrected chi connectivity index (χ0v) is 32.7. The molecule has 0 atom stereocenters. The Hall–Kier alpha value is -6.94. The monoisotopic (exact) mass is 808 g/mol. The van der Waals surface area contributed by atoms with Crippen LogP contribution in [0.25, 0.3) is 88.1 Å². The number of nitrogens with zero attached hydrogens (tertiary/aromatic N) is 2. The van der Waals surface area contributed by atoms with Crippen molar-refractivity contribution in [2.24, 2.45) is 14.1 Å². The lowest BCUT2D eigenvalue weighted by Crippen LogP contribution is -2.15. The lowest BCUT2D eigenvalue weighted by atomic mass is 9.89. The minimum atomic E-state index is -4.73. The van der Waals surface area contributed by atoms with Gasteiger partial charge in [0.15, 0.2) is 10.9 Å². The van der Waals surface area contributed by atoms with Gasteiger partial charge < -0.3 is 9.13 Å². The second kappa shape index (κ2) is 13.8. The van der Waals surface area contributed by atoms with Crippen LogP contribution < -0.4 is 10.9 Å². The molecule has 0 saturated heterocycles. The van der Waals surface area contributed by atoms with Gasteiger partial charge in [-0.15, -0.1) is 0 Å². The first-order valence-corrected chi connectivity index (χ1v) is 19.1. The average molecular weight is 809 g/mol. The molecule has 0 bridgehead atoms. The molecule has 0 saturated carbocycles. The normalized spacial score (nSPS) is 12.3. The first-order valence-electron chi connectivity index (χ1n) is 19.1. The highest BCUT2D eigenvalue weighted by Crippen LogP contribution is 2.43. The average Bonchev–Trinajstić information content (AvgIpc) is 3.23. The van der Waals surface area contributed by atoms with E-state index in [1.807, 2.05) is 56.3 Å². The molecule has 10 heteroatoms. The third kappa shape index (κ3) is 6.08. The first kappa shape index (κ1) is 38.6. The predicted molar refractivity (Wildman–Crippen MR) is 228 cm³/mol. The molecule has 0 aliphatic carbocycles. The lowest BCUT2D eigenvalue weighted by molar-refractivity contribution is -0.137. The number of benzene rings is 7. The Balaban J connectivity index is 1.43. The summed E-state index contributed by atoms with van der Waals surface area (Å²) in [6, 6.07) is 35.0. The molecule has 298 valence electrons. The van der Waals surface area contributed by atoms with Gasteiger partial charge in [0.1, 0.15) is 0 Å². The molecule has 0 aliphatic rings. The summed E-state index contributed by atoms with van der Waals surface area (Å²) in [5.41, 5.74) is 3.05. The Morgan fingerprint density at radius 3 is 1.23 bits per heavy atom. The van der Waals surface area contributed by atoms with Gasteiger partial charge in [-0.25, -0.2) is 0 Å². The Kier molecular flexibility index (Phi) is 8.89. The largest absolute Gasteiger partial charge is 0.417 e. The van der Waals surface area contributed by atoms with Gasteiger partial charge in [-0.3, -0.25) is 9.59 Å². The minimum absolute atomic E-state index is 0.0649. The Labute approximate surface area is 339 Å². The molecule has 0 radical (unpaired) electrons. The smallest absolute Gasteiger partial charge is 0.343 e. The highest BCUT2D eigenvalue weighted by molar-refractivity contribution is 6.10. The van der Waals surface area contributed by atoms with Crippen molar-refractivity contribution in [3.05, 3.63) is 176 Å². The van der Waals surface area contributed by atoms with E-state index in [-0.39, 0.29) is 43.8 Å². The van der Waals surface area contributed by atoms with Crippen LogP contribution in [0.4, 0.5) is 26.3 Å². The van der Waals surface area contributed by atoms with Crippen LogP contribution in [0.2, 0.25) is 0 Å². The summed E-state index contributed by atoms with van der Waals surface area (Å²) >= 11 is 0. The second-order valence-electron chi connectivity index (χ2n) is 15.2. The van der Waals surface area contributed by atoms with Crippen LogP contribution in [0.3, 0.4) is 0 Å². The van der Waals surface area contributed by atoms with Gasteiger partial charge in [-0.05, 0) is 118 Å². The van der Waals surface area contributed by atoms with Gasteiger partial charge >= 0.3 is 12.4 Å². The molecule has 0 amide bonds. The number of pyridine rings is 2. The van der Waals surface area contributed by atoms with Gasteiger partial charge in [0.2, 0.25) is 0 Å². The van der Waals surface area contributed by atoms with E-state index in [0.29, 0.717) is 38.8 Å². The number of aryl methyl sites for hydroxylation is 4. The van der Waals surface area contributed by atoms with Crippen LogP contribution >= 0.6 is 0 Å². The maximum atomic E-state index is 15.0. The van der Waals surface area contributed by atoms with E-state index >= 15 is 0 Å². The van der Waals surface area contributed by atoms with Crippen molar-refractivity contribution in [1.29, 1.82) is 0 Å². The third-order valence-corrected chi connectivity index (χ3v) is 11.7. The zero-order chi connectivity index (χ0) is 42.4. The Morgan fingerprint density at radius 1 is 0.400 bits per heavy atom. The number of hydrogen-bond acceptors (Lipinski definition) is 2. The summed E-state index contributed by atoms with van der Waals surface area (Å²) in [4.78, 5) is 30.0. The lowest BCUT2D eigenvalue weighted by Gasteiger charge is -2.21. The quantitative estimate of drug-likeness (QED) is 0.131. The highest BCUT2D eigenvalue weighted by atomic mass is 19.4. The summed E-state index contributed by atoms with van der Waals surface area (Å²) in [5.74, 6) is 0. The van der Waals surface area contributed by atoms with Crippen molar-refractivity contribution in [2.75, 3.05) is 0 Å². The molecule has 9 aromatic rings. The van der Waals surface area contributed by atoms with Crippen LogP contribution in [-0.4, -0.2) is 9.13 Å². The number of alkyl halides is 6. The first-order chi connectivity index (χ1) is 28.5. The maximum Gasteiger partial charge on any atom is 0.417 e. The molecule has 60 heavy (non-hydrogen) atoms. The fourth-order valence-corrected chi connectivity index (χ4v) is 8.74. The van der Waals surface area contributed by atoms with Crippen LogP contribution in [0.1, 0.15) is 22.3 Å². The standard InChI is InChI=1S/C50H34F6N2O2/c1-27-13-5-7-15-31(27)29-21-36(34-18-10-12-20-40(34)50(54,55)56)46-43(23-29)57(3)42-25-37-41(26-38(42)48(46)60)58(4)44-24-30(33-17-9-11-19-39(33)49(51,52)53)22-35(45(44)47(37)59)32-16-8-6-14-28(32)2/h5-26H,1-4H3. The SMILES string of the molecule is Cc1ccccc1-c1cc(-c2ccccc2C(F)(F)F)c2c(=O)c3cc4c(cc3n(C)c2c1)c(=O)c1c(-c2ccccc2C)cc(-c2ccccc2C(F)(F)F)cc1n4C. The van der Waals surface area contributed by atoms with Crippen LogP contribution in [0, 0.1) is 13.8 Å². The van der Waals surface area contributed by atoms with Gasteiger partial charge in [0, 0.05) is 24.9 Å². The van der Waals surface area contributed by atoms with E-state index in [4.69, 9.17) is 0 Å². The molecule has 7 aromatic carbocycles. The Bertz CT molecular complexity index is 3390. The minimum Gasteiger partial charge on any atom is -0.343 e. The molecule has 4 nitrogen and oxygen atoms in total. The molecule has 0 spiro atoms. The molecule has 0 unspecified atom stereocenters. The van der Waals surface area contributed by atoms with E-state index in [0.717, 1.165) is 28.8 Å². The molecular formula is C50H34F6N2O2. The summed E-state index contributed by atoms with van der Waals surface area (Å²) in [6.45, 7) is 3.77. The zero-order valence-electron chi connectivity index (χ0n) is 32.7. The van der Waals surface area contributed by atoms with Crippen molar-refractivity contribution in [3.63, 3.8) is 0 Å². The van der Waals surface area contributed by atoms with Gasteiger partial charge in [-0.2, -0.15) is 26.3 Å². The maximum absolute atomic E-state index is 15.0. The molecule has 0 fully saturated rings. The van der Waals surface area contributed by atoms with Gasteiger partial charge in [-0.1, -0.05) is 84.9 Å². The second-order valence-corrected chi connectivity index (χ2v) is 15.2. The van der Waals surface area contributed by atoms with Crippen molar-refractivity contribution < 1.29 is 26.3 Å². The van der Waals surface area contributed by atoms with Crippen LogP contribution in [0.15, 0.2) is 143 Å². The summed E-state index contributed by atoms with van der Waals surface area (Å²) < 4.78 is 90.6. The number of hydrogen-bond donors (Lipinski definition) is 0. The van der Waals surface area contributed by atoms with Crippen LogP contribution in [-0.2, 0) is 26.4 Å². The predicted octanol–water partition coefficient (Wildman–Crippen LogP) is 13.0. The van der Waals surface area contributed by atoms with E-state index in [9.17, 15) is 35.9 Å². The number of aromatic nitrogens is 2. The molecule has 0 N–H and O–H groups in total. The topological polar surface area (TPSA) is 44.0 Å². The van der Waals surface area contributed by atoms with E-state index in [2.05, 4.69) is 0 Å². The number of halogens is 6. The fourth-order valence-electron chi connectivity index (χ4n) is 8.74. The number of fused-ring (bicyclic) bond motifs is 4. The van der Waals surface area contributed by atoms with Gasteiger partial charge in [0.25, 0.3) is 0 Å². The van der Waals surface area contributed by atoms with Crippen molar-refractivity contribution in [2.45, 2.75) is 26.2 Å². The van der Waals surface area contributed by atoms with E-state index in [1.54, 1.807) is 65.7 Å². The third-order valence-electron chi connectivity index (χ3n) is 11.7.